The number of ether oxygens (including phenoxy) is 1. The molecule has 0 fully saturated rings. The van der Waals surface area contributed by atoms with Crippen LogP contribution in [-0.4, -0.2) is 62.7 Å². The van der Waals surface area contributed by atoms with Crippen molar-refractivity contribution in [1.29, 1.82) is 0 Å². The second-order valence-corrected chi connectivity index (χ2v) is 10.0. The molecule has 33 heavy (non-hydrogen) atoms. The van der Waals surface area contributed by atoms with E-state index in [0.29, 0.717) is 17.3 Å². The number of methoxy groups -OCH3 is 1. The maximum Gasteiger partial charge on any atom is 0.243 e. The molecule has 2 aromatic carbocycles. The molecule has 0 saturated carbocycles. The van der Waals surface area contributed by atoms with Gasteiger partial charge in [0, 0.05) is 25.2 Å². The van der Waals surface area contributed by atoms with Gasteiger partial charge < -0.3 is 15.0 Å². The van der Waals surface area contributed by atoms with Gasteiger partial charge in [-0.2, -0.15) is 4.31 Å². The lowest BCUT2D eigenvalue weighted by Gasteiger charge is -2.30. The molecule has 0 heterocycles. The van der Waals surface area contributed by atoms with E-state index in [1.807, 2.05) is 6.92 Å². The molecule has 0 aliphatic carbocycles. The highest BCUT2D eigenvalue weighted by Gasteiger charge is 2.30. The van der Waals surface area contributed by atoms with Crippen LogP contribution in [0.15, 0.2) is 53.4 Å². The Bertz CT molecular complexity index is 1040. The molecule has 0 saturated heterocycles. The Hall–Kier alpha value is -2.62. The normalized spacial score (nSPS) is 12.3. The van der Waals surface area contributed by atoms with Gasteiger partial charge in [0.1, 0.15) is 11.8 Å². The number of nitrogens with zero attached hydrogens (tertiary/aromatic N) is 2. The maximum atomic E-state index is 13.2. The molecule has 0 bridgehead atoms. The number of amides is 2. The number of sulfonamides is 1. The highest BCUT2D eigenvalue weighted by Crippen LogP contribution is 2.19. The number of benzene rings is 2. The first-order valence-corrected chi connectivity index (χ1v) is 12.3. The van der Waals surface area contributed by atoms with Gasteiger partial charge in [-0.1, -0.05) is 30.7 Å². The van der Waals surface area contributed by atoms with Crippen LogP contribution in [0.4, 0.5) is 0 Å². The summed E-state index contributed by atoms with van der Waals surface area (Å²) in [6.45, 7) is 3.76. The number of halogens is 1. The molecule has 0 unspecified atom stereocenters. The van der Waals surface area contributed by atoms with Crippen molar-refractivity contribution in [2.45, 2.75) is 37.8 Å². The molecule has 0 aromatic heterocycles. The molecular formula is C23H30ClN3O5S. The fourth-order valence-corrected chi connectivity index (χ4v) is 4.31. The Morgan fingerprint density at radius 1 is 1.09 bits per heavy atom. The molecule has 1 N–H and O–H groups in total. The van der Waals surface area contributed by atoms with Gasteiger partial charge >= 0.3 is 0 Å². The molecule has 1 atom stereocenters. The van der Waals surface area contributed by atoms with E-state index in [2.05, 4.69) is 5.32 Å². The van der Waals surface area contributed by atoms with Gasteiger partial charge in [0.05, 0.1) is 18.6 Å². The van der Waals surface area contributed by atoms with Gasteiger partial charge in [-0.3, -0.25) is 9.59 Å². The van der Waals surface area contributed by atoms with Crippen LogP contribution in [0, 0.1) is 0 Å². The topological polar surface area (TPSA) is 96.0 Å². The Balaban J connectivity index is 2.25. The number of carbonyl (C=O) groups excluding carboxylic acids is 2. The lowest BCUT2D eigenvalue weighted by molar-refractivity contribution is -0.140. The molecule has 2 rings (SSSR count). The predicted molar refractivity (Wildman–Crippen MR) is 128 cm³/mol. The first-order valence-electron chi connectivity index (χ1n) is 10.5. The molecular weight excluding hydrogens is 466 g/mol. The Morgan fingerprint density at radius 3 is 2.24 bits per heavy atom. The summed E-state index contributed by atoms with van der Waals surface area (Å²) in [6.07, 6.45) is 0.757. The van der Waals surface area contributed by atoms with Crippen molar-refractivity contribution >= 4 is 33.4 Å². The minimum atomic E-state index is -3.92. The van der Waals surface area contributed by atoms with Gasteiger partial charge in [0.2, 0.25) is 21.8 Å². The summed E-state index contributed by atoms with van der Waals surface area (Å²) in [5, 5.41) is 3.20. The molecule has 0 aliphatic heterocycles. The summed E-state index contributed by atoms with van der Waals surface area (Å²) in [5.74, 6) is -0.133. The zero-order chi connectivity index (χ0) is 24.6. The van der Waals surface area contributed by atoms with Gasteiger partial charge in [-0.15, -0.1) is 0 Å². The van der Waals surface area contributed by atoms with E-state index in [4.69, 9.17) is 16.3 Å². The monoisotopic (exact) mass is 495 g/mol. The van der Waals surface area contributed by atoms with Crippen LogP contribution in [0.2, 0.25) is 5.02 Å². The second-order valence-electron chi connectivity index (χ2n) is 7.55. The van der Waals surface area contributed by atoms with Crippen LogP contribution in [0.1, 0.15) is 25.8 Å². The average molecular weight is 496 g/mol. The van der Waals surface area contributed by atoms with Crippen molar-refractivity contribution < 1.29 is 22.7 Å². The highest BCUT2D eigenvalue weighted by atomic mass is 35.5. The van der Waals surface area contributed by atoms with Crippen LogP contribution in [-0.2, 0) is 26.2 Å². The summed E-state index contributed by atoms with van der Waals surface area (Å²) in [5.41, 5.74) is 0.780. The van der Waals surface area contributed by atoms with Gasteiger partial charge in [0.25, 0.3) is 0 Å². The molecule has 0 aliphatic rings. The number of hydrogen-bond donors (Lipinski definition) is 1. The van der Waals surface area contributed by atoms with Gasteiger partial charge in [-0.05, 0) is 55.3 Å². The smallest absolute Gasteiger partial charge is 0.243 e. The van der Waals surface area contributed by atoms with E-state index in [9.17, 15) is 18.0 Å². The second kappa shape index (κ2) is 12.0. The fraction of sp³-hybridized carbons (Fsp3) is 0.391. The third kappa shape index (κ3) is 7.18. The van der Waals surface area contributed by atoms with E-state index in [1.54, 1.807) is 38.3 Å². The average Bonchev–Trinajstić information content (AvgIpc) is 2.81. The summed E-state index contributed by atoms with van der Waals surface area (Å²) >= 11 is 5.85. The Labute approximate surface area is 200 Å². The first-order chi connectivity index (χ1) is 15.6. The van der Waals surface area contributed by atoms with Crippen LogP contribution in [0.5, 0.6) is 5.75 Å². The van der Waals surface area contributed by atoms with Crippen LogP contribution in [0.25, 0.3) is 0 Å². The van der Waals surface area contributed by atoms with E-state index in [1.165, 1.54) is 36.2 Å². The largest absolute Gasteiger partial charge is 0.497 e. The third-order valence-corrected chi connectivity index (χ3v) is 7.18. The maximum absolute atomic E-state index is 13.2. The quantitative estimate of drug-likeness (QED) is 0.517. The van der Waals surface area contributed by atoms with E-state index >= 15 is 0 Å². The summed E-state index contributed by atoms with van der Waals surface area (Å²) in [6, 6.07) is 12.0. The molecule has 180 valence electrons. The van der Waals surface area contributed by atoms with Crippen molar-refractivity contribution in [3.63, 3.8) is 0 Å². The van der Waals surface area contributed by atoms with Gasteiger partial charge in [0.15, 0.2) is 0 Å². The fourth-order valence-electron chi connectivity index (χ4n) is 3.06. The van der Waals surface area contributed by atoms with E-state index in [-0.39, 0.29) is 17.3 Å². The third-order valence-electron chi connectivity index (χ3n) is 5.11. The molecule has 10 heteroatoms. The van der Waals surface area contributed by atoms with Crippen molar-refractivity contribution in [2.75, 3.05) is 27.2 Å². The van der Waals surface area contributed by atoms with Crippen LogP contribution in [0.3, 0.4) is 0 Å². The highest BCUT2D eigenvalue weighted by molar-refractivity contribution is 7.89. The van der Waals surface area contributed by atoms with Crippen LogP contribution < -0.4 is 10.1 Å². The SMILES string of the molecule is CCCNC(=O)[C@@H](C)N(Cc1ccc(OC)cc1)C(=O)CN(C)S(=O)(=O)c1ccc(Cl)cc1. The van der Waals surface area contributed by atoms with Gasteiger partial charge in [-0.25, -0.2) is 8.42 Å². The van der Waals surface area contributed by atoms with Crippen molar-refractivity contribution in [1.82, 2.24) is 14.5 Å². The first kappa shape index (κ1) is 26.6. The Kier molecular flexibility index (Phi) is 9.70. The molecule has 2 amide bonds. The van der Waals surface area contributed by atoms with E-state index < -0.39 is 28.5 Å². The predicted octanol–water partition coefficient (Wildman–Crippen LogP) is 2.91. The van der Waals surface area contributed by atoms with Crippen molar-refractivity contribution in [3.8, 4) is 5.75 Å². The number of rotatable bonds is 11. The number of hydrogen-bond acceptors (Lipinski definition) is 5. The number of nitrogens with one attached hydrogen (secondary N) is 1. The minimum absolute atomic E-state index is 0.0256. The van der Waals surface area contributed by atoms with E-state index in [0.717, 1.165) is 16.3 Å². The summed E-state index contributed by atoms with van der Waals surface area (Å²) < 4.78 is 31.9. The zero-order valence-electron chi connectivity index (χ0n) is 19.2. The summed E-state index contributed by atoms with van der Waals surface area (Å²) in [7, 11) is -1.03. The molecule has 2 aromatic rings. The van der Waals surface area contributed by atoms with Crippen molar-refractivity contribution in [3.05, 3.63) is 59.1 Å². The van der Waals surface area contributed by atoms with Crippen molar-refractivity contribution in [2.24, 2.45) is 0 Å². The minimum Gasteiger partial charge on any atom is -0.497 e. The van der Waals surface area contributed by atoms with Crippen LogP contribution >= 0.6 is 11.6 Å². The lowest BCUT2D eigenvalue weighted by Crippen LogP contribution is -2.50. The molecule has 0 radical (unpaired) electrons. The zero-order valence-corrected chi connectivity index (χ0v) is 20.8. The summed E-state index contributed by atoms with van der Waals surface area (Å²) in [4.78, 5) is 27.2. The lowest BCUT2D eigenvalue weighted by atomic mass is 10.1. The number of carbonyl (C=O) groups is 2. The standard InChI is InChI=1S/C23H30ClN3O5S/c1-5-14-25-23(29)17(2)27(15-18-6-10-20(32-4)11-7-18)22(28)16-26(3)33(30,31)21-12-8-19(24)9-13-21/h6-13,17H,5,14-16H2,1-4H3,(H,25,29)/t17-/m1/s1. The Morgan fingerprint density at radius 2 is 1.70 bits per heavy atom. The molecule has 8 nitrogen and oxygen atoms in total. The number of likely N-dealkylation sites (N-methyl/N-ethyl adjacent to an activating group) is 1. The molecule has 0 spiro atoms.